The molecule has 2 amide bonds. The maximum absolute atomic E-state index is 12.9. The van der Waals surface area contributed by atoms with Gasteiger partial charge in [0.25, 0.3) is 0 Å². The van der Waals surface area contributed by atoms with Gasteiger partial charge in [-0.05, 0) is 48.2 Å². The fourth-order valence-corrected chi connectivity index (χ4v) is 4.19. The summed E-state index contributed by atoms with van der Waals surface area (Å²) < 4.78 is 16.8. The Bertz CT molecular complexity index is 980. The van der Waals surface area contributed by atoms with Crippen LogP contribution in [0.2, 0.25) is 0 Å². The molecule has 2 aliphatic rings. The van der Waals surface area contributed by atoms with Crippen LogP contribution in [0.25, 0.3) is 11.1 Å². The van der Waals surface area contributed by atoms with E-state index in [1.54, 1.807) is 4.90 Å². The maximum atomic E-state index is 12.9. The normalized spacial score (nSPS) is 18.6. The van der Waals surface area contributed by atoms with Gasteiger partial charge in [-0.15, -0.1) is 0 Å². The zero-order valence-corrected chi connectivity index (χ0v) is 20.0. The lowest BCUT2D eigenvalue weighted by molar-refractivity contribution is -0.0134. The van der Waals surface area contributed by atoms with Crippen LogP contribution in [-0.4, -0.2) is 86.3 Å². The average Bonchev–Trinajstić information content (AvgIpc) is 2.89. The van der Waals surface area contributed by atoms with Crippen molar-refractivity contribution in [3.63, 3.8) is 0 Å². The van der Waals surface area contributed by atoms with Crippen LogP contribution in [0.3, 0.4) is 0 Å². The molecule has 34 heavy (non-hydrogen) atoms. The zero-order chi connectivity index (χ0) is 23.9. The molecular weight excluding hydrogens is 436 g/mol. The van der Waals surface area contributed by atoms with Gasteiger partial charge in [0.15, 0.2) is 0 Å². The summed E-state index contributed by atoms with van der Waals surface area (Å²) in [7, 11) is 0. The van der Waals surface area contributed by atoms with Gasteiger partial charge >= 0.3 is 6.03 Å². The lowest BCUT2D eigenvalue weighted by Crippen LogP contribution is -2.47. The van der Waals surface area contributed by atoms with E-state index in [1.165, 1.54) is 0 Å². The van der Waals surface area contributed by atoms with Crippen molar-refractivity contribution in [1.82, 2.24) is 9.88 Å². The summed E-state index contributed by atoms with van der Waals surface area (Å²) in [6.45, 7) is 8.75. The molecule has 184 valence electrons. The van der Waals surface area contributed by atoms with Crippen LogP contribution in [0.5, 0.6) is 5.88 Å². The number of carbonyl (C=O) groups is 1. The summed E-state index contributed by atoms with van der Waals surface area (Å²) in [6, 6.07) is 9.70. The van der Waals surface area contributed by atoms with Crippen LogP contribution in [-0.2, 0) is 9.47 Å². The number of nitrogens with one attached hydrogen (secondary N) is 1. The quantitative estimate of drug-likeness (QED) is 0.642. The second-order valence-corrected chi connectivity index (χ2v) is 8.53. The number of ether oxygens (including phenoxy) is 3. The number of hydrogen-bond donors (Lipinski definition) is 2. The molecule has 3 heterocycles. The fourth-order valence-electron chi connectivity index (χ4n) is 4.19. The predicted molar refractivity (Wildman–Crippen MR) is 131 cm³/mol. The number of aryl methyl sites for hydroxylation is 1. The van der Waals surface area contributed by atoms with Gasteiger partial charge in [-0.25, -0.2) is 4.79 Å². The van der Waals surface area contributed by atoms with Crippen molar-refractivity contribution >= 4 is 17.5 Å². The summed E-state index contributed by atoms with van der Waals surface area (Å²) in [5, 5.41) is 12.2. The molecule has 2 N–H and O–H groups in total. The topological polar surface area (TPSA) is 96.4 Å². The Kier molecular flexibility index (Phi) is 8.21. The molecule has 2 saturated heterocycles. The average molecular weight is 471 g/mol. The molecule has 0 spiro atoms. The van der Waals surface area contributed by atoms with E-state index in [1.807, 2.05) is 37.3 Å². The number of morpholine rings is 2. The Balaban J connectivity index is 1.59. The third-order valence-electron chi connectivity index (χ3n) is 6.15. The molecule has 2 aliphatic heterocycles. The van der Waals surface area contributed by atoms with Crippen LogP contribution >= 0.6 is 0 Å². The lowest BCUT2D eigenvalue weighted by atomic mass is 10.0. The largest absolute Gasteiger partial charge is 0.475 e. The minimum Gasteiger partial charge on any atom is -0.475 e. The van der Waals surface area contributed by atoms with Crippen molar-refractivity contribution in [3.8, 4) is 17.0 Å². The zero-order valence-electron chi connectivity index (χ0n) is 20.0. The number of benzene rings is 1. The van der Waals surface area contributed by atoms with Gasteiger partial charge in [-0.3, -0.25) is 0 Å². The number of carbonyl (C=O) groups excluding carboxylic acids is 1. The Morgan fingerprint density at radius 2 is 2.03 bits per heavy atom. The number of nitrogens with zero attached hydrogens (tertiary/aromatic N) is 3. The van der Waals surface area contributed by atoms with E-state index in [-0.39, 0.29) is 25.3 Å². The smallest absolute Gasteiger partial charge is 0.322 e. The van der Waals surface area contributed by atoms with E-state index in [9.17, 15) is 9.90 Å². The summed E-state index contributed by atoms with van der Waals surface area (Å²) in [5.74, 6) is 1.27. The standard InChI is InChI=1S/C25H34N4O5/c1-3-21-17-29(8-12-33-21)25(31)26-20-5-4-18(2)22(16-20)19-14-23(28-6-10-32-11-7-28)27-24(15-19)34-13-9-30/h4-5,14-16,21,30H,3,6-13,17H2,1-2H3,(H,26,31). The van der Waals surface area contributed by atoms with Crippen molar-refractivity contribution in [2.24, 2.45) is 0 Å². The summed E-state index contributed by atoms with van der Waals surface area (Å²) >= 11 is 0. The second-order valence-electron chi connectivity index (χ2n) is 8.53. The number of aliphatic hydroxyl groups is 1. The molecule has 0 radical (unpaired) electrons. The number of amides is 2. The van der Waals surface area contributed by atoms with Crippen molar-refractivity contribution in [1.29, 1.82) is 0 Å². The number of pyridine rings is 1. The third kappa shape index (κ3) is 5.97. The minimum absolute atomic E-state index is 0.0836. The van der Waals surface area contributed by atoms with Crippen molar-refractivity contribution in [2.75, 3.05) is 69.4 Å². The van der Waals surface area contributed by atoms with Gasteiger partial charge in [-0.1, -0.05) is 13.0 Å². The van der Waals surface area contributed by atoms with Gasteiger partial charge in [0.2, 0.25) is 5.88 Å². The highest BCUT2D eigenvalue weighted by Crippen LogP contribution is 2.32. The molecule has 1 aromatic carbocycles. The van der Waals surface area contributed by atoms with E-state index in [0.717, 1.165) is 47.7 Å². The highest BCUT2D eigenvalue weighted by molar-refractivity contribution is 5.90. The van der Waals surface area contributed by atoms with E-state index in [2.05, 4.69) is 22.1 Å². The number of urea groups is 1. The minimum atomic E-state index is -0.118. The third-order valence-corrected chi connectivity index (χ3v) is 6.15. The fraction of sp³-hybridized carbons (Fsp3) is 0.520. The number of anilines is 2. The van der Waals surface area contributed by atoms with Crippen LogP contribution < -0.4 is 15.0 Å². The van der Waals surface area contributed by atoms with Crippen LogP contribution in [0.4, 0.5) is 16.3 Å². The number of hydrogen-bond acceptors (Lipinski definition) is 7. The first-order valence-electron chi connectivity index (χ1n) is 11.9. The predicted octanol–water partition coefficient (Wildman–Crippen LogP) is 2.91. The number of aliphatic hydroxyl groups excluding tert-OH is 1. The Labute approximate surface area is 200 Å². The number of rotatable bonds is 7. The van der Waals surface area contributed by atoms with Crippen LogP contribution in [0, 0.1) is 6.92 Å². The van der Waals surface area contributed by atoms with Gasteiger partial charge in [-0.2, -0.15) is 4.98 Å². The molecule has 1 aromatic heterocycles. The molecule has 4 rings (SSSR count). The Morgan fingerprint density at radius 1 is 1.21 bits per heavy atom. The first kappa shape index (κ1) is 24.3. The van der Waals surface area contributed by atoms with E-state index in [4.69, 9.17) is 14.2 Å². The molecule has 9 nitrogen and oxygen atoms in total. The molecular formula is C25H34N4O5. The monoisotopic (exact) mass is 470 g/mol. The lowest BCUT2D eigenvalue weighted by Gasteiger charge is -2.32. The molecule has 0 bridgehead atoms. The van der Waals surface area contributed by atoms with E-state index in [0.29, 0.717) is 38.8 Å². The maximum Gasteiger partial charge on any atom is 0.322 e. The molecule has 1 atom stereocenters. The summed E-state index contributed by atoms with van der Waals surface area (Å²) in [4.78, 5) is 21.5. The Hall–Kier alpha value is -2.88. The molecule has 2 aromatic rings. The molecule has 9 heteroatoms. The summed E-state index contributed by atoms with van der Waals surface area (Å²) in [6.07, 6.45) is 0.966. The van der Waals surface area contributed by atoms with Crippen molar-refractivity contribution in [2.45, 2.75) is 26.4 Å². The van der Waals surface area contributed by atoms with Crippen LogP contribution in [0.1, 0.15) is 18.9 Å². The molecule has 0 aliphatic carbocycles. The van der Waals surface area contributed by atoms with Gasteiger partial charge < -0.3 is 34.4 Å². The number of aromatic nitrogens is 1. The SMILES string of the molecule is CCC1CN(C(=O)Nc2ccc(C)c(-c3cc(OCCO)nc(N4CCOCC4)c3)c2)CCO1. The first-order valence-corrected chi connectivity index (χ1v) is 11.9. The van der Waals surface area contributed by atoms with E-state index >= 15 is 0 Å². The van der Waals surface area contributed by atoms with Crippen LogP contribution in [0.15, 0.2) is 30.3 Å². The van der Waals surface area contributed by atoms with Crippen molar-refractivity contribution < 1.29 is 24.1 Å². The summed E-state index contributed by atoms with van der Waals surface area (Å²) in [5.41, 5.74) is 3.72. The Morgan fingerprint density at radius 3 is 2.79 bits per heavy atom. The highest BCUT2D eigenvalue weighted by atomic mass is 16.5. The van der Waals surface area contributed by atoms with Gasteiger partial charge in [0, 0.05) is 37.9 Å². The molecule has 2 fully saturated rings. The van der Waals surface area contributed by atoms with Gasteiger partial charge in [0.05, 0.1) is 32.5 Å². The van der Waals surface area contributed by atoms with Crippen molar-refractivity contribution in [3.05, 3.63) is 35.9 Å². The molecule has 0 saturated carbocycles. The second kappa shape index (κ2) is 11.5. The van der Waals surface area contributed by atoms with Gasteiger partial charge in [0.1, 0.15) is 12.4 Å². The molecule has 1 unspecified atom stereocenters. The highest BCUT2D eigenvalue weighted by Gasteiger charge is 2.23. The first-order chi connectivity index (χ1) is 16.6. The van der Waals surface area contributed by atoms with E-state index < -0.39 is 0 Å².